The van der Waals surface area contributed by atoms with E-state index in [2.05, 4.69) is 11.9 Å². The van der Waals surface area contributed by atoms with E-state index >= 15 is 0 Å². The zero-order valence-corrected chi connectivity index (χ0v) is 10.7. The number of nitrogens with two attached hydrogens (primary N) is 1. The summed E-state index contributed by atoms with van der Waals surface area (Å²) in [7, 11) is 2.16. The van der Waals surface area contributed by atoms with E-state index in [9.17, 15) is 0 Å². The van der Waals surface area contributed by atoms with Gasteiger partial charge in [0.25, 0.3) is 0 Å². The summed E-state index contributed by atoms with van der Waals surface area (Å²) in [6.45, 7) is 5.15. The molecule has 1 aromatic rings. The Kier molecular flexibility index (Phi) is 4.02. The first-order valence-electron chi connectivity index (χ1n) is 6.32. The molecule has 1 heterocycles. The van der Waals surface area contributed by atoms with Crippen molar-refractivity contribution in [2.45, 2.75) is 19.4 Å². The molecule has 1 aliphatic heterocycles. The molecule has 2 unspecified atom stereocenters. The highest BCUT2D eigenvalue weighted by Crippen LogP contribution is 2.19. The zero-order chi connectivity index (χ0) is 12.3. The van der Waals surface area contributed by atoms with Crippen LogP contribution in [0.15, 0.2) is 24.3 Å². The quantitative estimate of drug-likeness (QED) is 0.866. The van der Waals surface area contributed by atoms with Gasteiger partial charge in [-0.25, -0.2) is 0 Å². The van der Waals surface area contributed by atoms with Crippen molar-refractivity contribution < 1.29 is 4.74 Å². The average molecular weight is 234 g/mol. The number of nitrogens with zero attached hydrogens (tertiary/aromatic N) is 1. The summed E-state index contributed by atoms with van der Waals surface area (Å²) >= 11 is 0. The molecule has 2 atom stereocenters. The van der Waals surface area contributed by atoms with Gasteiger partial charge in [0.2, 0.25) is 0 Å². The second-order valence-electron chi connectivity index (χ2n) is 5.09. The molecule has 0 radical (unpaired) electrons. The number of hydrogen-bond donors (Lipinski definition) is 1. The molecule has 1 saturated heterocycles. The lowest BCUT2D eigenvalue weighted by molar-refractivity contribution is 0.249. The number of benzene rings is 1. The first-order valence-corrected chi connectivity index (χ1v) is 6.32. The second kappa shape index (κ2) is 5.52. The fourth-order valence-corrected chi connectivity index (χ4v) is 2.24. The lowest BCUT2D eigenvalue weighted by atomic mass is 10.1. The van der Waals surface area contributed by atoms with Gasteiger partial charge >= 0.3 is 0 Å². The van der Waals surface area contributed by atoms with Gasteiger partial charge in [-0.15, -0.1) is 0 Å². The van der Waals surface area contributed by atoms with Crippen LogP contribution in [0.5, 0.6) is 5.75 Å². The van der Waals surface area contributed by atoms with E-state index in [0.29, 0.717) is 5.92 Å². The summed E-state index contributed by atoms with van der Waals surface area (Å²) in [5.41, 5.74) is 6.96. The van der Waals surface area contributed by atoms with Crippen LogP contribution < -0.4 is 10.5 Å². The standard InChI is InChI=1S/C14H22N2O/c1-11(15)13-3-5-14(6-4-13)17-10-12-7-8-16(2)9-12/h3-6,11-12H,7-10,15H2,1-2H3. The summed E-state index contributed by atoms with van der Waals surface area (Å²) in [5, 5.41) is 0. The molecule has 0 spiro atoms. The topological polar surface area (TPSA) is 38.5 Å². The minimum absolute atomic E-state index is 0.0903. The minimum Gasteiger partial charge on any atom is -0.493 e. The Morgan fingerprint density at radius 1 is 1.41 bits per heavy atom. The summed E-state index contributed by atoms with van der Waals surface area (Å²) in [4.78, 5) is 2.35. The Morgan fingerprint density at radius 3 is 2.65 bits per heavy atom. The zero-order valence-electron chi connectivity index (χ0n) is 10.7. The van der Waals surface area contributed by atoms with Gasteiger partial charge in [-0.2, -0.15) is 0 Å². The van der Waals surface area contributed by atoms with Crippen molar-refractivity contribution in [3.8, 4) is 5.75 Å². The number of hydrogen-bond acceptors (Lipinski definition) is 3. The summed E-state index contributed by atoms with van der Waals surface area (Å²) in [6, 6.07) is 8.20. The molecule has 3 nitrogen and oxygen atoms in total. The number of rotatable bonds is 4. The van der Waals surface area contributed by atoms with Gasteiger partial charge in [-0.1, -0.05) is 12.1 Å². The predicted octanol–water partition coefficient (Wildman–Crippen LogP) is 2.04. The van der Waals surface area contributed by atoms with E-state index in [1.54, 1.807) is 0 Å². The van der Waals surface area contributed by atoms with Crippen molar-refractivity contribution in [2.75, 3.05) is 26.7 Å². The van der Waals surface area contributed by atoms with Gasteiger partial charge in [-0.3, -0.25) is 0 Å². The molecule has 0 aromatic heterocycles. The van der Waals surface area contributed by atoms with Crippen LogP contribution in [0.2, 0.25) is 0 Å². The average Bonchev–Trinajstić information content (AvgIpc) is 2.73. The maximum Gasteiger partial charge on any atom is 0.119 e. The smallest absolute Gasteiger partial charge is 0.119 e. The SMILES string of the molecule is CC(N)c1ccc(OCC2CCN(C)C2)cc1. The molecule has 1 fully saturated rings. The van der Waals surface area contributed by atoms with Gasteiger partial charge in [-0.05, 0) is 44.6 Å². The van der Waals surface area contributed by atoms with Crippen molar-refractivity contribution in [3.63, 3.8) is 0 Å². The van der Waals surface area contributed by atoms with Gasteiger partial charge in [0, 0.05) is 18.5 Å². The van der Waals surface area contributed by atoms with Gasteiger partial charge in [0.05, 0.1) is 6.61 Å². The van der Waals surface area contributed by atoms with Crippen LogP contribution in [-0.4, -0.2) is 31.6 Å². The van der Waals surface area contributed by atoms with Crippen LogP contribution in [-0.2, 0) is 0 Å². The molecule has 1 aliphatic rings. The summed E-state index contributed by atoms with van der Waals surface area (Å²) < 4.78 is 5.81. The molecule has 2 rings (SSSR count). The molecule has 0 amide bonds. The highest BCUT2D eigenvalue weighted by Gasteiger charge is 2.19. The summed E-state index contributed by atoms with van der Waals surface area (Å²) in [6.07, 6.45) is 1.24. The molecule has 17 heavy (non-hydrogen) atoms. The largest absolute Gasteiger partial charge is 0.493 e. The van der Waals surface area contributed by atoms with E-state index in [4.69, 9.17) is 10.5 Å². The maximum absolute atomic E-state index is 5.81. The van der Waals surface area contributed by atoms with Crippen LogP contribution in [0.1, 0.15) is 24.9 Å². The Balaban J connectivity index is 1.83. The molecular formula is C14H22N2O. The Bertz CT molecular complexity index is 348. The van der Waals surface area contributed by atoms with Crippen molar-refractivity contribution in [1.82, 2.24) is 4.90 Å². The van der Waals surface area contributed by atoms with Gasteiger partial charge in [0.15, 0.2) is 0 Å². The van der Waals surface area contributed by atoms with Crippen LogP contribution in [0.3, 0.4) is 0 Å². The van der Waals surface area contributed by atoms with E-state index in [1.165, 1.54) is 13.0 Å². The van der Waals surface area contributed by atoms with E-state index in [1.807, 2.05) is 31.2 Å². The molecule has 0 aliphatic carbocycles. The third kappa shape index (κ3) is 3.45. The lowest BCUT2D eigenvalue weighted by Crippen LogP contribution is -2.17. The summed E-state index contributed by atoms with van der Waals surface area (Å²) in [5.74, 6) is 1.62. The molecule has 2 N–H and O–H groups in total. The monoisotopic (exact) mass is 234 g/mol. The molecular weight excluding hydrogens is 212 g/mol. The van der Waals surface area contributed by atoms with Crippen LogP contribution in [0.4, 0.5) is 0 Å². The fraction of sp³-hybridized carbons (Fsp3) is 0.571. The lowest BCUT2D eigenvalue weighted by Gasteiger charge is -2.13. The Morgan fingerprint density at radius 2 is 2.12 bits per heavy atom. The van der Waals surface area contributed by atoms with Crippen molar-refractivity contribution >= 4 is 0 Å². The van der Waals surface area contributed by atoms with Gasteiger partial charge < -0.3 is 15.4 Å². The van der Waals surface area contributed by atoms with E-state index < -0.39 is 0 Å². The number of ether oxygens (including phenoxy) is 1. The first kappa shape index (κ1) is 12.4. The van der Waals surface area contributed by atoms with Crippen LogP contribution in [0, 0.1) is 5.92 Å². The van der Waals surface area contributed by atoms with E-state index in [-0.39, 0.29) is 6.04 Å². The third-order valence-electron chi connectivity index (χ3n) is 3.38. The Labute approximate surface area is 104 Å². The Hall–Kier alpha value is -1.06. The fourth-order valence-electron chi connectivity index (χ4n) is 2.24. The van der Waals surface area contributed by atoms with Crippen molar-refractivity contribution in [3.05, 3.63) is 29.8 Å². The predicted molar refractivity (Wildman–Crippen MR) is 70.1 cm³/mol. The van der Waals surface area contributed by atoms with Crippen LogP contribution in [0.25, 0.3) is 0 Å². The maximum atomic E-state index is 5.81. The minimum atomic E-state index is 0.0903. The normalized spacial score (nSPS) is 22.6. The van der Waals surface area contributed by atoms with Gasteiger partial charge in [0.1, 0.15) is 5.75 Å². The molecule has 3 heteroatoms. The van der Waals surface area contributed by atoms with E-state index in [0.717, 1.165) is 24.5 Å². The van der Waals surface area contributed by atoms with Crippen molar-refractivity contribution in [2.24, 2.45) is 11.7 Å². The highest BCUT2D eigenvalue weighted by molar-refractivity contribution is 5.28. The third-order valence-corrected chi connectivity index (χ3v) is 3.38. The molecule has 0 bridgehead atoms. The molecule has 0 saturated carbocycles. The van der Waals surface area contributed by atoms with Crippen LogP contribution >= 0.6 is 0 Å². The van der Waals surface area contributed by atoms with Crippen molar-refractivity contribution in [1.29, 1.82) is 0 Å². The first-order chi connectivity index (χ1) is 8.15. The number of likely N-dealkylation sites (tertiary alicyclic amines) is 1. The second-order valence-corrected chi connectivity index (χ2v) is 5.09. The highest BCUT2D eigenvalue weighted by atomic mass is 16.5. The molecule has 1 aromatic carbocycles. The molecule has 94 valence electrons.